The Morgan fingerprint density at radius 3 is 2.55 bits per heavy atom. The van der Waals surface area contributed by atoms with E-state index in [1.54, 1.807) is 49.6 Å². The highest BCUT2D eigenvalue weighted by Gasteiger charge is 2.31. The minimum absolute atomic E-state index is 0.137. The summed E-state index contributed by atoms with van der Waals surface area (Å²) in [5, 5.41) is 2.81. The summed E-state index contributed by atoms with van der Waals surface area (Å²) < 4.78 is 18.6. The van der Waals surface area contributed by atoms with E-state index in [-0.39, 0.29) is 24.1 Å². The van der Waals surface area contributed by atoms with E-state index in [2.05, 4.69) is 5.32 Å². The number of halogens is 1. The van der Waals surface area contributed by atoms with Crippen molar-refractivity contribution in [2.45, 2.75) is 12.8 Å². The lowest BCUT2D eigenvalue weighted by atomic mass is 10.2. The maximum absolute atomic E-state index is 13.0. The molecule has 0 bridgehead atoms. The zero-order valence-corrected chi connectivity index (χ0v) is 17.3. The highest BCUT2D eigenvalue weighted by Crippen LogP contribution is 2.32. The van der Waals surface area contributed by atoms with Gasteiger partial charge >= 0.3 is 0 Å². The molecule has 2 aromatic rings. The summed E-state index contributed by atoms with van der Waals surface area (Å²) in [6.07, 6.45) is 2.44. The van der Waals surface area contributed by atoms with E-state index in [9.17, 15) is 14.0 Å². The van der Waals surface area contributed by atoms with Gasteiger partial charge in [0.05, 0.1) is 12.0 Å². The fourth-order valence-corrected chi connectivity index (χ4v) is 4.01. The molecule has 1 aliphatic heterocycles. The van der Waals surface area contributed by atoms with Gasteiger partial charge in [0.1, 0.15) is 15.9 Å². The summed E-state index contributed by atoms with van der Waals surface area (Å²) in [6, 6.07) is 12.9. The first-order valence-corrected chi connectivity index (χ1v) is 10.1. The van der Waals surface area contributed by atoms with E-state index in [0.717, 1.165) is 5.56 Å². The molecule has 5 nitrogen and oxygen atoms in total. The highest BCUT2D eigenvalue weighted by atomic mass is 32.2. The molecule has 1 aliphatic rings. The second-order valence-corrected chi connectivity index (χ2v) is 7.94. The highest BCUT2D eigenvalue weighted by molar-refractivity contribution is 8.26. The minimum Gasteiger partial charge on any atom is -0.497 e. The van der Waals surface area contributed by atoms with E-state index in [1.807, 2.05) is 0 Å². The number of anilines is 1. The van der Waals surface area contributed by atoms with Crippen LogP contribution in [0.4, 0.5) is 10.1 Å². The van der Waals surface area contributed by atoms with Gasteiger partial charge in [0.15, 0.2) is 0 Å². The second kappa shape index (κ2) is 9.67. The number of amides is 2. The summed E-state index contributed by atoms with van der Waals surface area (Å²) in [7, 11) is 1.58. The lowest BCUT2D eigenvalue weighted by molar-refractivity contribution is -0.122. The maximum Gasteiger partial charge on any atom is 0.266 e. The Bertz CT molecular complexity index is 943. The lowest BCUT2D eigenvalue weighted by Crippen LogP contribution is -2.29. The molecule has 3 rings (SSSR count). The molecule has 0 saturated carbocycles. The van der Waals surface area contributed by atoms with Crippen molar-refractivity contribution < 1.29 is 18.7 Å². The van der Waals surface area contributed by atoms with E-state index >= 15 is 0 Å². The van der Waals surface area contributed by atoms with Gasteiger partial charge in [-0.15, -0.1) is 0 Å². The fraction of sp³-hybridized carbons (Fsp3) is 0.190. The van der Waals surface area contributed by atoms with Gasteiger partial charge in [-0.05, 0) is 54.5 Å². The Labute approximate surface area is 177 Å². The number of ether oxygens (including phenoxy) is 1. The van der Waals surface area contributed by atoms with Crippen LogP contribution in [0.25, 0.3) is 6.08 Å². The number of carbonyl (C=O) groups is 2. The summed E-state index contributed by atoms with van der Waals surface area (Å²) in [6.45, 7) is 0.363. The number of thiocarbonyl (C=S) groups is 1. The SMILES string of the molecule is COc1ccc(NC(=O)CCCN2C(=O)/C(=C/c3ccc(F)cc3)SC2=S)cc1. The van der Waals surface area contributed by atoms with Crippen LogP contribution >= 0.6 is 24.0 Å². The van der Waals surface area contributed by atoms with Crippen molar-refractivity contribution in [2.75, 3.05) is 19.0 Å². The van der Waals surface area contributed by atoms with Crippen LogP contribution in [0.5, 0.6) is 5.75 Å². The monoisotopic (exact) mass is 430 g/mol. The van der Waals surface area contributed by atoms with Crippen molar-refractivity contribution in [1.82, 2.24) is 4.90 Å². The van der Waals surface area contributed by atoms with Crippen LogP contribution < -0.4 is 10.1 Å². The number of benzene rings is 2. The minimum atomic E-state index is -0.331. The van der Waals surface area contributed by atoms with Crippen molar-refractivity contribution in [2.24, 2.45) is 0 Å². The van der Waals surface area contributed by atoms with Crippen LogP contribution in [0.2, 0.25) is 0 Å². The summed E-state index contributed by atoms with van der Waals surface area (Å²) in [4.78, 5) is 26.7. The lowest BCUT2D eigenvalue weighted by Gasteiger charge is -2.14. The molecule has 29 heavy (non-hydrogen) atoms. The van der Waals surface area contributed by atoms with Crippen LogP contribution in [-0.4, -0.2) is 34.7 Å². The van der Waals surface area contributed by atoms with E-state index in [0.29, 0.717) is 33.6 Å². The molecule has 1 heterocycles. The van der Waals surface area contributed by atoms with Gasteiger partial charge in [0.25, 0.3) is 5.91 Å². The number of hydrogen-bond acceptors (Lipinski definition) is 5. The van der Waals surface area contributed by atoms with E-state index in [1.165, 1.54) is 28.8 Å². The number of methoxy groups -OCH3 is 1. The van der Waals surface area contributed by atoms with Crippen LogP contribution in [0, 0.1) is 5.82 Å². The Hall–Kier alpha value is -2.71. The maximum atomic E-state index is 13.0. The van der Waals surface area contributed by atoms with Crippen LogP contribution in [0.15, 0.2) is 53.4 Å². The molecule has 150 valence electrons. The van der Waals surface area contributed by atoms with Crippen molar-refractivity contribution in [3.63, 3.8) is 0 Å². The molecule has 2 amide bonds. The van der Waals surface area contributed by atoms with Gasteiger partial charge in [-0.2, -0.15) is 0 Å². The largest absolute Gasteiger partial charge is 0.497 e. The number of carbonyl (C=O) groups excluding carboxylic acids is 2. The summed E-state index contributed by atoms with van der Waals surface area (Å²) >= 11 is 6.50. The Balaban J connectivity index is 1.51. The molecule has 0 aromatic heterocycles. The topological polar surface area (TPSA) is 58.6 Å². The average molecular weight is 431 g/mol. The first-order valence-electron chi connectivity index (χ1n) is 8.91. The van der Waals surface area contributed by atoms with E-state index in [4.69, 9.17) is 17.0 Å². The number of hydrogen-bond donors (Lipinski definition) is 1. The normalized spacial score (nSPS) is 15.1. The predicted octanol–water partition coefficient (Wildman–Crippen LogP) is 4.45. The van der Waals surface area contributed by atoms with Gasteiger partial charge in [-0.1, -0.05) is 36.1 Å². The van der Waals surface area contributed by atoms with Gasteiger partial charge in [-0.25, -0.2) is 4.39 Å². The van der Waals surface area contributed by atoms with Crippen LogP contribution in [-0.2, 0) is 9.59 Å². The quantitative estimate of drug-likeness (QED) is 0.519. The molecular formula is C21H19FN2O3S2. The average Bonchev–Trinajstić information content (AvgIpc) is 2.97. The number of nitrogens with zero attached hydrogens (tertiary/aromatic N) is 1. The Kier molecular flexibility index (Phi) is 7.00. The van der Waals surface area contributed by atoms with Crippen molar-refractivity contribution in [3.8, 4) is 5.75 Å². The van der Waals surface area contributed by atoms with E-state index < -0.39 is 0 Å². The summed E-state index contributed by atoms with van der Waals surface area (Å²) in [5.41, 5.74) is 1.41. The Morgan fingerprint density at radius 1 is 1.21 bits per heavy atom. The molecule has 1 N–H and O–H groups in total. The first-order chi connectivity index (χ1) is 14.0. The molecule has 1 fully saturated rings. The molecule has 0 spiro atoms. The zero-order valence-electron chi connectivity index (χ0n) is 15.7. The molecule has 0 aliphatic carbocycles. The molecule has 0 atom stereocenters. The fourth-order valence-electron chi connectivity index (χ4n) is 2.70. The third-order valence-electron chi connectivity index (χ3n) is 4.20. The third kappa shape index (κ3) is 5.65. The zero-order chi connectivity index (χ0) is 20.8. The molecule has 0 unspecified atom stereocenters. The smallest absolute Gasteiger partial charge is 0.266 e. The van der Waals surface area contributed by atoms with Crippen LogP contribution in [0.3, 0.4) is 0 Å². The second-order valence-electron chi connectivity index (χ2n) is 6.27. The molecular weight excluding hydrogens is 411 g/mol. The number of rotatable bonds is 7. The van der Waals surface area contributed by atoms with Gasteiger partial charge < -0.3 is 10.1 Å². The number of thioether (sulfide) groups is 1. The Morgan fingerprint density at radius 2 is 1.90 bits per heavy atom. The molecule has 2 aromatic carbocycles. The van der Waals surface area contributed by atoms with Crippen LogP contribution in [0.1, 0.15) is 18.4 Å². The molecule has 8 heteroatoms. The standard InChI is InChI=1S/C21H19FN2O3S2/c1-27-17-10-8-16(9-11-17)23-19(25)3-2-12-24-20(26)18(29-21(24)28)13-14-4-6-15(22)7-5-14/h4-11,13H,2-3,12H2,1H3,(H,23,25)/b18-13-. The molecule has 1 saturated heterocycles. The number of nitrogens with one attached hydrogen (secondary N) is 1. The van der Waals surface area contributed by atoms with Crippen molar-refractivity contribution >= 4 is 51.9 Å². The van der Waals surface area contributed by atoms with Gasteiger partial charge in [0.2, 0.25) is 5.91 Å². The van der Waals surface area contributed by atoms with Crippen molar-refractivity contribution in [3.05, 3.63) is 64.8 Å². The van der Waals surface area contributed by atoms with Gasteiger partial charge in [-0.3, -0.25) is 14.5 Å². The van der Waals surface area contributed by atoms with Crippen molar-refractivity contribution in [1.29, 1.82) is 0 Å². The molecule has 0 radical (unpaired) electrons. The van der Waals surface area contributed by atoms with Gasteiger partial charge in [0, 0.05) is 18.7 Å². The first kappa shape index (κ1) is 21.0. The summed E-state index contributed by atoms with van der Waals surface area (Å²) in [5.74, 6) is 0.0519. The predicted molar refractivity (Wildman–Crippen MR) is 117 cm³/mol. The third-order valence-corrected chi connectivity index (χ3v) is 5.58.